The summed E-state index contributed by atoms with van der Waals surface area (Å²) in [7, 11) is -4.27. The van der Waals surface area contributed by atoms with E-state index < -0.39 is 34.2 Å². The summed E-state index contributed by atoms with van der Waals surface area (Å²) in [4.78, 5) is 24.1. The smallest absolute Gasteiger partial charge is 0.264 e. The fourth-order valence-corrected chi connectivity index (χ4v) is 4.75. The van der Waals surface area contributed by atoms with Crippen molar-refractivity contribution in [3.05, 3.63) is 78.1 Å². The number of sulfonamides is 1. The first kappa shape index (κ1) is 23.1. The second-order valence-electron chi connectivity index (χ2n) is 7.29. The summed E-state index contributed by atoms with van der Waals surface area (Å²) in [6.07, 6.45) is 0. The zero-order valence-corrected chi connectivity index (χ0v) is 18.5. The zero-order valence-electron chi connectivity index (χ0n) is 17.7. The maximum absolute atomic E-state index is 13.5. The van der Waals surface area contributed by atoms with Gasteiger partial charge in [0.05, 0.1) is 10.6 Å². The molecule has 3 aromatic rings. The number of nitrogens with two attached hydrogens (primary N) is 1. The summed E-state index contributed by atoms with van der Waals surface area (Å²) < 4.78 is 52.3. The van der Waals surface area contributed by atoms with Crippen molar-refractivity contribution in [2.75, 3.05) is 29.4 Å². The van der Waals surface area contributed by atoms with Gasteiger partial charge in [-0.25, -0.2) is 12.8 Å². The number of carbonyl (C=O) groups is 2. The van der Waals surface area contributed by atoms with Crippen LogP contribution >= 0.6 is 0 Å². The summed E-state index contributed by atoms with van der Waals surface area (Å²) in [6, 6.07) is 14.7. The zero-order chi connectivity index (χ0) is 24.3. The van der Waals surface area contributed by atoms with Crippen LogP contribution in [0.25, 0.3) is 0 Å². The molecule has 0 bridgehead atoms. The fourth-order valence-electron chi connectivity index (χ4n) is 3.31. The molecule has 3 N–H and O–H groups in total. The van der Waals surface area contributed by atoms with E-state index in [2.05, 4.69) is 5.32 Å². The summed E-state index contributed by atoms with van der Waals surface area (Å²) in [6.45, 7) is -0.00785. The number of primary amides is 1. The molecule has 0 aromatic heterocycles. The van der Waals surface area contributed by atoms with Crippen LogP contribution in [0.1, 0.15) is 10.4 Å². The summed E-state index contributed by atoms with van der Waals surface area (Å²) in [5.74, 6) is -1.25. The molecular formula is C23H20FN3O6S. The van der Waals surface area contributed by atoms with E-state index in [1.807, 2.05) is 0 Å². The van der Waals surface area contributed by atoms with E-state index in [0.29, 0.717) is 12.4 Å². The van der Waals surface area contributed by atoms with Crippen molar-refractivity contribution in [1.29, 1.82) is 0 Å². The largest absolute Gasteiger partial charge is 0.486 e. The molecule has 11 heteroatoms. The SMILES string of the molecule is NC(=O)c1cccc(NC(=O)CN(c2ccc(F)cc2)S(=O)(=O)c2ccc3c(c2)OCCO3)c1. The molecule has 1 aliphatic rings. The van der Waals surface area contributed by atoms with Gasteiger partial charge in [0.2, 0.25) is 11.8 Å². The third-order valence-electron chi connectivity index (χ3n) is 4.93. The second-order valence-corrected chi connectivity index (χ2v) is 9.15. The number of anilines is 2. The molecule has 4 rings (SSSR count). The predicted molar refractivity (Wildman–Crippen MR) is 122 cm³/mol. The van der Waals surface area contributed by atoms with Gasteiger partial charge in [-0.2, -0.15) is 0 Å². The molecule has 0 spiro atoms. The molecule has 0 saturated carbocycles. The average molecular weight is 485 g/mol. The standard InChI is InChI=1S/C23H20FN3O6S/c24-16-4-6-18(7-5-16)27(14-22(28)26-17-3-1-2-15(12-17)23(25)29)34(30,31)19-8-9-20-21(13-19)33-11-10-32-20/h1-9,12-13H,10-11,14H2,(H2,25,29)(H,26,28). The number of nitrogens with zero attached hydrogens (tertiary/aromatic N) is 1. The predicted octanol–water partition coefficient (Wildman–Crippen LogP) is 2.53. The minimum absolute atomic E-state index is 0.0809. The van der Waals surface area contributed by atoms with Crippen LogP contribution in [0.4, 0.5) is 15.8 Å². The Morgan fingerprint density at radius 3 is 2.38 bits per heavy atom. The van der Waals surface area contributed by atoms with Crippen LogP contribution in [0.3, 0.4) is 0 Å². The van der Waals surface area contributed by atoms with Gasteiger partial charge in [-0.05, 0) is 54.6 Å². The lowest BCUT2D eigenvalue weighted by Crippen LogP contribution is -2.38. The Labute approximate surface area is 194 Å². The first-order chi connectivity index (χ1) is 16.2. The molecule has 0 unspecified atom stereocenters. The Bertz CT molecular complexity index is 1350. The highest BCUT2D eigenvalue weighted by Crippen LogP contribution is 2.34. The van der Waals surface area contributed by atoms with Gasteiger partial charge in [0.15, 0.2) is 11.5 Å². The lowest BCUT2D eigenvalue weighted by Gasteiger charge is -2.25. The van der Waals surface area contributed by atoms with Crippen LogP contribution < -0.4 is 24.8 Å². The molecule has 1 heterocycles. The van der Waals surface area contributed by atoms with E-state index in [1.54, 1.807) is 0 Å². The molecule has 0 radical (unpaired) electrons. The van der Waals surface area contributed by atoms with Crippen LogP contribution in [0.15, 0.2) is 71.6 Å². The lowest BCUT2D eigenvalue weighted by atomic mass is 10.2. The third-order valence-corrected chi connectivity index (χ3v) is 6.70. The molecule has 0 fully saturated rings. The number of hydrogen-bond acceptors (Lipinski definition) is 6. The molecule has 0 aliphatic carbocycles. The number of rotatable bonds is 7. The summed E-state index contributed by atoms with van der Waals surface area (Å²) >= 11 is 0. The van der Waals surface area contributed by atoms with Gasteiger partial charge in [-0.15, -0.1) is 0 Å². The molecule has 9 nitrogen and oxygen atoms in total. The number of hydrogen-bond donors (Lipinski definition) is 2. The number of nitrogens with one attached hydrogen (secondary N) is 1. The van der Waals surface area contributed by atoms with Gasteiger partial charge in [0.25, 0.3) is 10.0 Å². The van der Waals surface area contributed by atoms with Gasteiger partial charge in [-0.1, -0.05) is 6.07 Å². The molecule has 0 saturated heterocycles. The van der Waals surface area contributed by atoms with Crippen molar-refractivity contribution in [1.82, 2.24) is 0 Å². The van der Waals surface area contributed by atoms with Crippen LogP contribution in [0.5, 0.6) is 11.5 Å². The van der Waals surface area contributed by atoms with Crippen LogP contribution in [0, 0.1) is 5.82 Å². The normalized spacial score (nSPS) is 12.6. The Balaban J connectivity index is 1.65. The van der Waals surface area contributed by atoms with E-state index in [9.17, 15) is 22.4 Å². The van der Waals surface area contributed by atoms with Crippen molar-refractivity contribution >= 4 is 33.2 Å². The summed E-state index contributed by atoms with van der Waals surface area (Å²) in [5, 5.41) is 2.55. The van der Waals surface area contributed by atoms with Gasteiger partial charge in [0.1, 0.15) is 25.6 Å². The molecular weight excluding hydrogens is 465 g/mol. The Morgan fingerprint density at radius 1 is 0.971 bits per heavy atom. The highest BCUT2D eigenvalue weighted by molar-refractivity contribution is 7.92. The number of carbonyl (C=O) groups excluding carboxylic acids is 2. The molecule has 2 amide bonds. The number of ether oxygens (including phenoxy) is 2. The Kier molecular flexibility index (Phi) is 6.37. The van der Waals surface area contributed by atoms with Crippen LogP contribution in [-0.4, -0.2) is 40.0 Å². The number of halogens is 1. The molecule has 34 heavy (non-hydrogen) atoms. The minimum atomic E-state index is -4.27. The molecule has 3 aromatic carbocycles. The number of amides is 2. The van der Waals surface area contributed by atoms with Crippen molar-refractivity contribution < 1.29 is 31.9 Å². The number of benzene rings is 3. The topological polar surface area (TPSA) is 128 Å². The second kappa shape index (κ2) is 9.40. The van der Waals surface area contributed by atoms with Gasteiger partial charge in [-0.3, -0.25) is 13.9 Å². The van der Waals surface area contributed by atoms with E-state index in [0.717, 1.165) is 16.4 Å². The van der Waals surface area contributed by atoms with E-state index >= 15 is 0 Å². The van der Waals surface area contributed by atoms with Crippen molar-refractivity contribution in [2.45, 2.75) is 4.90 Å². The van der Waals surface area contributed by atoms with E-state index in [-0.39, 0.29) is 34.2 Å². The van der Waals surface area contributed by atoms with Gasteiger partial charge >= 0.3 is 0 Å². The molecule has 1 aliphatic heterocycles. The highest BCUT2D eigenvalue weighted by atomic mass is 32.2. The van der Waals surface area contributed by atoms with Crippen molar-refractivity contribution in [3.63, 3.8) is 0 Å². The maximum atomic E-state index is 13.5. The third kappa shape index (κ3) is 4.94. The quantitative estimate of drug-likeness (QED) is 0.529. The van der Waals surface area contributed by atoms with Crippen LogP contribution in [-0.2, 0) is 14.8 Å². The van der Waals surface area contributed by atoms with Gasteiger partial charge < -0.3 is 20.5 Å². The summed E-state index contributed by atoms with van der Waals surface area (Å²) in [5.41, 5.74) is 5.78. The van der Waals surface area contributed by atoms with E-state index in [1.165, 1.54) is 54.6 Å². The maximum Gasteiger partial charge on any atom is 0.264 e. The average Bonchev–Trinajstić information content (AvgIpc) is 2.83. The van der Waals surface area contributed by atoms with Crippen LogP contribution in [0.2, 0.25) is 0 Å². The van der Waals surface area contributed by atoms with Crippen molar-refractivity contribution in [3.8, 4) is 11.5 Å². The first-order valence-electron chi connectivity index (χ1n) is 10.1. The van der Waals surface area contributed by atoms with Gasteiger partial charge in [0, 0.05) is 17.3 Å². The van der Waals surface area contributed by atoms with E-state index in [4.69, 9.17) is 15.2 Å². The highest BCUT2D eigenvalue weighted by Gasteiger charge is 2.29. The molecule has 0 atom stereocenters. The number of fused-ring (bicyclic) bond motifs is 1. The first-order valence-corrected chi connectivity index (χ1v) is 11.6. The molecule has 176 valence electrons. The Morgan fingerprint density at radius 2 is 1.68 bits per heavy atom. The Hall–Kier alpha value is -4.12. The lowest BCUT2D eigenvalue weighted by molar-refractivity contribution is -0.114. The minimum Gasteiger partial charge on any atom is -0.486 e. The monoisotopic (exact) mass is 485 g/mol. The fraction of sp³-hybridized carbons (Fsp3) is 0.130. The van der Waals surface area contributed by atoms with Crippen molar-refractivity contribution in [2.24, 2.45) is 5.73 Å².